The molecule has 0 unspecified atom stereocenters. The van der Waals surface area contributed by atoms with Crippen molar-refractivity contribution in [2.24, 2.45) is 0 Å². The van der Waals surface area contributed by atoms with E-state index in [-0.39, 0.29) is 17.7 Å². The van der Waals surface area contributed by atoms with E-state index in [1.807, 2.05) is 0 Å². The molecule has 1 aromatic rings. The summed E-state index contributed by atoms with van der Waals surface area (Å²) < 4.78 is 37.1. The smallest absolute Gasteiger partial charge is 0.238 e. The molecule has 2 rings (SSSR count). The Morgan fingerprint density at radius 2 is 2.37 bits per heavy atom. The largest absolute Gasteiger partial charge is 0.480 e. The van der Waals surface area contributed by atoms with Gasteiger partial charge in [-0.3, -0.25) is 4.72 Å². The van der Waals surface area contributed by atoms with Gasteiger partial charge >= 0.3 is 0 Å². The summed E-state index contributed by atoms with van der Waals surface area (Å²) in [5, 5.41) is 0. The lowest BCUT2D eigenvalue weighted by atomic mass is 10.1. The van der Waals surface area contributed by atoms with E-state index in [2.05, 4.69) is 9.71 Å². The molecule has 1 fully saturated rings. The second-order valence-electron chi connectivity index (χ2n) is 4.43. The number of rotatable bonds is 5. The van der Waals surface area contributed by atoms with E-state index < -0.39 is 10.0 Å². The van der Waals surface area contributed by atoms with Crippen LogP contribution in [0.1, 0.15) is 19.3 Å². The second kappa shape index (κ2) is 6.21. The molecule has 6 nitrogen and oxygen atoms in total. The number of pyridine rings is 1. The maximum Gasteiger partial charge on any atom is 0.238 e. The SMILES string of the molecule is COc1ncccc1NS(=O)(=O)C[C@@H]1CCCCO1. The van der Waals surface area contributed by atoms with Crippen LogP contribution in [0, 0.1) is 0 Å². The number of sulfonamides is 1. The monoisotopic (exact) mass is 286 g/mol. The average Bonchev–Trinajstić information content (AvgIpc) is 2.39. The zero-order chi connectivity index (χ0) is 13.7. The third-order valence-corrected chi connectivity index (χ3v) is 4.25. The number of anilines is 1. The molecule has 1 saturated heterocycles. The number of methoxy groups -OCH3 is 1. The first kappa shape index (κ1) is 14.1. The number of aromatic nitrogens is 1. The first-order valence-corrected chi connectivity index (χ1v) is 7.87. The maximum absolute atomic E-state index is 12.1. The topological polar surface area (TPSA) is 77.5 Å². The summed E-state index contributed by atoms with van der Waals surface area (Å²) in [7, 11) is -2.01. The minimum atomic E-state index is -3.46. The summed E-state index contributed by atoms with van der Waals surface area (Å²) in [5.41, 5.74) is 0.348. The second-order valence-corrected chi connectivity index (χ2v) is 6.20. The van der Waals surface area contributed by atoms with Crippen LogP contribution in [0.5, 0.6) is 5.88 Å². The Morgan fingerprint density at radius 3 is 3.05 bits per heavy atom. The van der Waals surface area contributed by atoms with Crippen LogP contribution >= 0.6 is 0 Å². The Bertz CT molecular complexity index is 512. The summed E-state index contributed by atoms with van der Waals surface area (Å²) in [5.74, 6) is 0.223. The molecule has 1 aliphatic heterocycles. The molecule has 1 aliphatic rings. The van der Waals surface area contributed by atoms with Gasteiger partial charge in [0, 0.05) is 12.8 Å². The third kappa shape index (κ3) is 4.07. The summed E-state index contributed by atoms with van der Waals surface area (Å²) in [6.07, 6.45) is 4.11. The lowest BCUT2D eigenvalue weighted by Crippen LogP contribution is -2.31. The van der Waals surface area contributed by atoms with Gasteiger partial charge in [-0.1, -0.05) is 0 Å². The van der Waals surface area contributed by atoms with Crippen molar-refractivity contribution in [3.05, 3.63) is 18.3 Å². The molecule has 1 aromatic heterocycles. The standard InChI is InChI=1S/C12H18N2O4S/c1-17-12-11(6-4-7-13-12)14-19(15,16)9-10-5-2-3-8-18-10/h4,6-7,10,14H,2-3,5,8-9H2,1H3/t10-/m0/s1. The van der Waals surface area contributed by atoms with E-state index in [0.717, 1.165) is 19.3 Å². The number of ether oxygens (including phenoxy) is 2. The highest BCUT2D eigenvalue weighted by molar-refractivity contribution is 7.92. The van der Waals surface area contributed by atoms with Gasteiger partial charge in [-0.15, -0.1) is 0 Å². The van der Waals surface area contributed by atoms with Crippen LogP contribution in [-0.2, 0) is 14.8 Å². The van der Waals surface area contributed by atoms with Gasteiger partial charge in [0.2, 0.25) is 15.9 Å². The fourth-order valence-electron chi connectivity index (χ4n) is 2.02. The molecule has 0 radical (unpaired) electrons. The highest BCUT2D eigenvalue weighted by Crippen LogP contribution is 2.22. The van der Waals surface area contributed by atoms with Gasteiger partial charge in [0.25, 0.3) is 0 Å². The molecule has 0 saturated carbocycles. The van der Waals surface area contributed by atoms with E-state index in [9.17, 15) is 8.42 Å². The first-order valence-electron chi connectivity index (χ1n) is 6.22. The summed E-state index contributed by atoms with van der Waals surface area (Å²) in [4.78, 5) is 3.95. The van der Waals surface area contributed by atoms with E-state index in [0.29, 0.717) is 12.3 Å². The Hall–Kier alpha value is -1.34. The number of nitrogens with one attached hydrogen (secondary N) is 1. The molecule has 19 heavy (non-hydrogen) atoms. The van der Waals surface area contributed by atoms with Crippen LogP contribution in [0.4, 0.5) is 5.69 Å². The zero-order valence-electron chi connectivity index (χ0n) is 10.8. The van der Waals surface area contributed by atoms with Crippen molar-refractivity contribution in [3.63, 3.8) is 0 Å². The molecule has 0 bridgehead atoms. The van der Waals surface area contributed by atoms with Gasteiger partial charge in [-0.2, -0.15) is 0 Å². The Kier molecular flexibility index (Phi) is 4.60. The van der Waals surface area contributed by atoms with Crippen molar-refractivity contribution in [1.82, 2.24) is 4.98 Å². The van der Waals surface area contributed by atoms with Gasteiger partial charge < -0.3 is 9.47 Å². The minimum absolute atomic E-state index is 0.0367. The van der Waals surface area contributed by atoms with E-state index in [1.54, 1.807) is 18.3 Å². The van der Waals surface area contributed by atoms with Crippen molar-refractivity contribution >= 4 is 15.7 Å². The molecule has 106 valence electrons. The van der Waals surface area contributed by atoms with Gasteiger partial charge in [0.05, 0.1) is 19.0 Å². The highest BCUT2D eigenvalue weighted by Gasteiger charge is 2.23. The van der Waals surface area contributed by atoms with Crippen LogP contribution in [0.15, 0.2) is 18.3 Å². The molecule has 7 heteroatoms. The summed E-state index contributed by atoms with van der Waals surface area (Å²) >= 11 is 0. The Morgan fingerprint density at radius 1 is 1.53 bits per heavy atom. The van der Waals surface area contributed by atoms with Gasteiger partial charge in [-0.25, -0.2) is 13.4 Å². The third-order valence-electron chi connectivity index (χ3n) is 2.91. The zero-order valence-corrected chi connectivity index (χ0v) is 11.6. The minimum Gasteiger partial charge on any atom is -0.480 e. The van der Waals surface area contributed by atoms with Crippen LogP contribution < -0.4 is 9.46 Å². The predicted molar refractivity (Wildman–Crippen MR) is 71.8 cm³/mol. The fourth-order valence-corrected chi connectivity index (χ4v) is 3.35. The number of hydrogen-bond acceptors (Lipinski definition) is 5. The highest BCUT2D eigenvalue weighted by atomic mass is 32.2. The van der Waals surface area contributed by atoms with E-state index >= 15 is 0 Å². The molecule has 0 aromatic carbocycles. The molecular formula is C12H18N2O4S. The van der Waals surface area contributed by atoms with Crippen LogP contribution in [0.25, 0.3) is 0 Å². The van der Waals surface area contributed by atoms with Gasteiger partial charge in [0.1, 0.15) is 5.69 Å². The van der Waals surface area contributed by atoms with Gasteiger partial charge in [0.15, 0.2) is 0 Å². The van der Waals surface area contributed by atoms with Crippen LogP contribution in [0.2, 0.25) is 0 Å². The average molecular weight is 286 g/mol. The molecule has 1 atom stereocenters. The Labute approximate surface area is 113 Å². The summed E-state index contributed by atoms with van der Waals surface area (Å²) in [6.45, 7) is 0.635. The van der Waals surface area contributed by atoms with Crippen molar-refractivity contribution < 1.29 is 17.9 Å². The maximum atomic E-state index is 12.1. The lowest BCUT2D eigenvalue weighted by molar-refractivity contribution is 0.0306. The molecule has 0 spiro atoms. The predicted octanol–water partition coefficient (Wildman–Crippen LogP) is 1.40. The number of hydrogen-bond donors (Lipinski definition) is 1. The molecule has 2 heterocycles. The lowest BCUT2D eigenvalue weighted by Gasteiger charge is -2.22. The van der Waals surface area contributed by atoms with E-state index in [4.69, 9.17) is 9.47 Å². The van der Waals surface area contributed by atoms with Crippen molar-refractivity contribution in [2.75, 3.05) is 24.2 Å². The molecule has 1 N–H and O–H groups in total. The van der Waals surface area contributed by atoms with Crippen LogP contribution in [0.3, 0.4) is 0 Å². The summed E-state index contributed by atoms with van der Waals surface area (Å²) in [6, 6.07) is 3.27. The van der Waals surface area contributed by atoms with Gasteiger partial charge in [-0.05, 0) is 31.4 Å². The van der Waals surface area contributed by atoms with Crippen molar-refractivity contribution in [3.8, 4) is 5.88 Å². The molecule has 0 amide bonds. The quantitative estimate of drug-likeness (QED) is 0.885. The fraction of sp³-hybridized carbons (Fsp3) is 0.583. The number of nitrogens with zero attached hydrogens (tertiary/aromatic N) is 1. The van der Waals surface area contributed by atoms with Crippen molar-refractivity contribution in [1.29, 1.82) is 0 Å². The Balaban J connectivity index is 2.03. The molecular weight excluding hydrogens is 268 g/mol. The van der Waals surface area contributed by atoms with Crippen molar-refractivity contribution in [2.45, 2.75) is 25.4 Å². The van der Waals surface area contributed by atoms with Crippen LogP contribution in [-0.4, -0.2) is 39.0 Å². The normalized spacial score (nSPS) is 19.9. The first-order chi connectivity index (χ1) is 9.11. The molecule has 0 aliphatic carbocycles. The van der Waals surface area contributed by atoms with E-state index in [1.165, 1.54) is 7.11 Å².